The molecule has 0 bridgehead atoms. The SMILES string of the molecule is COC(=O)c1occc1CN1CCN(C(=O)c2cccc(OC)c2)CC1. The molecule has 0 spiro atoms. The van der Waals surface area contributed by atoms with Crippen molar-refractivity contribution in [3.63, 3.8) is 0 Å². The lowest BCUT2D eigenvalue weighted by molar-refractivity contribution is 0.0559. The predicted octanol–water partition coefficient (Wildman–Crippen LogP) is 2.03. The molecule has 1 aromatic carbocycles. The third-order valence-corrected chi connectivity index (χ3v) is 4.49. The zero-order valence-corrected chi connectivity index (χ0v) is 14.9. The Bertz CT molecular complexity index is 778. The average Bonchev–Trinajstić information content (AvgIpc) is 3.15. The van der Waals surface area contributed by atoms with E-state index in [0.717, 1.165) is 18.7 Å². The summed E-state index contributed by atoms with van der Waals surface area (Å²) in [6.45, 7) is 3.29. The van der Waals surface area contributed by atoms with Gasteiger partial charge in [0.15, 0.2) is 0 Å². The van der Waals surface area contributed by atoms with Crippen molar-refractivity contribution < 1.29 is 23.5 Å². The zero-order valence-electron chi connectivity index (χ0n) is 14.9. The van der Waals surface area contributed by atoms with Crippen LogP contribution in [0.1, 0.15) is 26.5 Å². The van der Waals surface area contributed by atoms with E-state index in [2.05, 4.69) is 4.90 Å². The van der Waals surface area contributed by atoms with Crippen LogP contribution in [0.4, 0.5) is 0 Å². The van der Waals surface area contributed by atoms with E-state index in [4.69, 9.17) is 13.9 Å². The van der Waals surface area contributed by atoms with Crippen molar-refractivity contribution in [2.24, 2.45) is 0 Å². The Morgan fingerprint density at radius 1 is 1.12 bits per heavy atom. The molecule has 1 saturated heterocycles. The molecule has 1 fully saturated rings. The van der Waals surface area contributed by atoms with Crippen LogP contribution in [-0.4, -0.2) is 62.1 Å². The number of esters is 1. The minimum Gasteiger partial charge on any atom is -0.497 e. The molecule has 1 aromatic heterocycles. The quantitative estimate of drug-likeness (QED) is 0.762. The summed E-state index contributed by atoms with van der Waals surface area (Å²) in [5.74, 6) is 0.436. The molecule has 7 nitrogen and oxygen atoms in total. The molecule has 26 heavy (non-hydrogen) atoms. The van der Waals surface area contributed by atoms with Crippen LogP contribution in [0.25, 0.3) is 0 Å². The second-order valence-corrected chi connectivity index (χ2v) is 6.07. The lowest BCUT2D eigenvalue weighted by atomic mass is 10.1. The predicted molar refractivity (Wildman–Crippen MR) is 94.2 cm³/mol. The van der Waals surface area contributed by atoms with Crippen molar-refractivity contribution in [3.8, 4) is 5.75 Å². The molecule has 2 aromatic rings. The maximum Gasteiger partial charge on any atom is 0.374 e. The molecule has 138 valence electrons. The van der Waals surface area contributed by atoms with Crippen molar-refractivity contribution in [2.45, 2.75) is 6.54 Å². The first kappa shape index (κ1) is 18.0. The normalized spacial score (nSPS) is 14.9. The van der Waals surface area contributed by atoms with Crippen molar-refractivity contribution in [3.05, 3.63) is 53.5 Å². The van der Waals surface area contributed by atoms with Crippen LogP contribution in [-0.2, 0) is 11.3 Å². The Balaban J connectivity index is 1.58. The third-order valence-electron chi connectivity index (χ3n) is 4.49. The number of benzene rings is 1. The molecular weight excluding hydrogens is 336 g/mol. The molecule has 1 aliphatic heterocycles. The monoisotopic (exact) mass is 358 g/mol. The molecular formula is C19H22N2O5. The summed E-state index contributed by atoms with van der Waals surface area (Å²) in [4.78, 5) is 28.4. The fraction of sp³-hybridized carbons (Fsp3) is 0.368. The van der Waals surface area contributed by atoms with Gasteiger partial charge >= 0.3 is 5.97 Å². The summed E-state index contributed by atoms with van der Waals surface area (Å²) in [6.07, 6.45) is 1.49. The number of hydrogen-bond acceptors (Lipinski definition) is 6. The molecule has 1 aliphatic rings. The maximum atomic E-state index is 12.6. The van der Waals surface area contributed by atoms with Gasteiger partial charge in [-0.3, -0.25) is 9.69 Å². The Hall–Kier alpha value is -2.80. The number of rotatable bonds is 5. The van der Waals surface area contributed by atoms with Gasteiger partial charge in [0, 0.05) is 43.9 Å². The first-order valence-electron chi connectivity index (χ1n) is 8.42. The van der Waals surface area contributed by atoms with E-state index in [1.54, 1.807) is 25.3 Å². The molecule has 1 amide bonds. The average molecular weight is 358 g/mol. The first-order chi connectivity index (χ1) is 12.6. The number of furan rings is 1. The third kappa shape index (κ3) is 3.88. The van der Waals surface area contributed by atoms with Crippen LogP contribution >= 0.6 is 0 Å². The van der Waals surface area contributed by atoms with Gasteiger partial charge in [-0.15, -0.1) is 0 Å². The van der Waals surface area contributed by atoms with Crippen LogP contribution in [0, 0.1) is 0 Å². The lowest BCUT2D eigenvalue weighted by Crippen LogP contribution is -2.48. The summed E-state index contributed by atoms with van der Waals surface area (Å²) >= 11 is 0. The number of hydrogen-bond donors (Lipinski definition) is 0. The van der Waals surface area contributed by atoms with Crippen LogP contribution in [0.3, 0.4) is 0 Å². The topological polar surface area (TPSA) is 72.2 Å². The number of piperazine rings is 1. The van der Waals surface area contributed by atoms with Gasteiger partial charge in [-0.05, 0) is 24.3 Å². The van der Waals surface area contributed by atoms with Crippen molar-refractivity contribution in [1.29, 1.82) is 0 Å². The molecule has 0 saturated carbocycles. The Morgan fingerprint density at radius 2 is 1.88 bits per heavy atom. The Labute approximate surface area is 152 Å². The van der Waals surface area contributed by atoms with Gasteiger partial charge in [0.25, 0.3) is 5.91 Å². The molecule has 2 heterocycles. The van der Waals surface area contributed by atoms with E-state index in [1.165, 1.54) is 13.4 Å². The summed E-state index contributed by atoms with van der Waals surface area (Å²) in [7, 11) is 2.92. The minimum absolute atomic E-state index is 0.00195. The standard InChI is InChI=1S/C19H22N2O5/c1-24-16-5-3-4-14(12-16)18(22)21-9-7-20(8-10-21)13-15-6-11-26-17(15)19(23)25-2/h3-6,11-12H,7-10,13H2,1-2H3. The lowest BCUT2D eigenvalue weighted by Gasteiger charge is -2.34. The summed E-state index contributed by atoms with van der Waals surface area (Å²) in [5.41, 5.74) is 1.42. The highest BCUT2D eigenvalue weighted by Gasteiger charge is 2.24. The van der Waals surface area contributed by atoms with Gasteiger partial charge in [0.2, 0.25) is 5.76 Å². The fourth-order valence-electron chi connectivity index (χ4n) is 3.02. The van der Waals surface area contributed by atoms with Gasteiger partial charge in [-0.2, -0.15) is 0 Å². The number of carbonyl (C=O) groups excluding carboxylic acids is 2. The summed E-state index contributed by atoms with van der Waals surface area (Å²) in [6, 6.07) is 8.96. The van der Waals surface area contributed by atoms with E-state index in [1.807, 2.05) is 17.0 Å². The molecule has 3 rings (SSSR count). The molecule has 7 heteroatoms. The molecule has 0 atom stereocenters. The highest BCUT2D eigenvalue weighted by atomic mass is 16.5. The van der Waals surface area contributed by atoms with Gasteiger partial charge < -0.3 is 18.8 Å². The van der Waals surface area contributed by atoms with E-state index >= 15 is 0 Å². The Morgan fingerprint density at radius 3 is 2.58 bits per heavy atom. The summed E-state index contributed by atoms with van der Waals surface area (Å²) < 4.78 is 15.1. The smallest absolute Gasteiger partial charge is 0.374 e. The van der Waals surface area contributed by atoms with Gasteiger partial charge in [0.1, 0.15) is 5.75 Å². The van der Waals surface area contributed by atoms with E-state index in [9.17, 15) is 9.59 Å². The largest absolute Gasteiger partial charge is 0.497 e. The first-order valence-corrected chi connectivity index (χ1v) is 8.42. The van der Waals surface area contributed by atoms with E-state index in [0.29, 0.717) is 30.9 Å². The minimum atomic E-state index is -0.475. The van der Waals surface area contributed by atoms with Gasteiger partial charge in [-0.1, -0.05) is 6.07 Å². The second-order valence-electron chi connectivity index (χ2n) is 6.07. The highest BCUT2D eigenvalue weighted by molar-refractivity contribution is 5.94. The van der Waals surface area contributed by atoms with E-state index in [-0.39, 0.29) is 11.7 Å². The number of methoxy groups -OCH3 is 2. The molecule has 0 unspecified atom stereocenters. The highest BCUT2D eigenvalue weighted by Crippen LogP contribution is 2.18. The number of amides is 1. The van der Waals surface area contributed by atoms with Crippen molar-refractivity contribution >= 4 is 11.9 Å². The number of carbonyl (C=O) groups is 2. The van der Waals surface area contributed by atoms with Crippen LogP contribution < -0.4 is 4.74 Å². The zero-order chi connectivity index (χ0) is 18.5. The van der Waals surface area contributed by atoms with Crippen molar-refractivity contribution in [1.82, 2.24) is 9.80 Å². The molecule has 0 radical (unpaired) electrons. The molecule has 0 N–H and O–H groups in total. The van der Waals surface area contributed by atoms with Crippen LogP contribution in [0.5, 0.6) is 5.75 Å². The Kier molecular flexibility index (Phi) is 5.58. The van der Waals surface area contributed by atoms with E-state index < -0.39 is 5.97 Å². The maximum absolute atomic E-state index is 12.6. The van der Waals surface area contributed by atoms with Crippen LogP contribution in [0.2, 0.25) is 0 Å². The van der Waals surface area contributed by atoms with Gasteiger partial charge in [-0.25, -0.2) is 4.79 Å². The molecule has 0 aliphatic carbocycles. The fourth-order valence-corrected chi connectivity index (χ4v) is 3.02. The number of ether oxygens (including phenoxy) is 2. The number of nitrogens with zero attached hydrogens (tertiary/aromatic N) is 2. The van der Waals surface area contributed by atoms with Crippen LogP contribution in [0.15, 0.2) is 41.0 Å². The van der Waals surface area contributed by atoms with Crippen molar-refractivity contribution in [2.75, 3.05) is 40.4 Å². The second kappa shape index (κ2) is 8.05. The summed E-state index contributed by atoms with van der Waals surface area (Å²) in [5, 5.41) is 0. The van der Waals surface area contributed by atoms with Gasteiger partial charge in [0.05, 0.1) is 20.5 Å².